The fraction of sp³-hybridized carbons (Fsp3) is 0.500. The van der Waals surface area contributed by atoms with E-state index in [9.17, 15) is 9.18 Å². The van der Waals surface area contributed by atoms with Gasteiger partial charge in [-0.1, -0.05) is 12.1 Å². The Morgan fingerprint density at radius 1 is 1.28 bits per heavy atom. The van der Waals surface area contributed by atoms with Gasteiger partial charge >= 0.3 is 0 Å². The zero-order chi connectivity index (χ0) is 13.4. The third kappa shape index (κ3) is 4.94. The van der Waals surface area contributed by atoms with E-state index in [2.05, 4.69) is 24.1 Å². The van der Waals surface area contributed by atoms with Crippen LogP contribution in [0.1, 0.15) is 24.2 Å². The molecule has 1 saturated heterocycles. The fourth-order valence-corrected chi connectivity index (χ4v) is 1.77. The summed E-state index contributed by atoms with van der Waals surface area (Å²) in [5, 5.41) is 3.33. The summed E-state index contributed by atoms with van der Waals surface area (Å²) in [4.78, 5) is 12.5. The van der Waals surface area contributed by atoms with Crippen LogP contribution in [0.25, 0.3) is 0 Å². The number of piperazine rings is 1. The van der Waals surface area contributed by atoms with Gasteiger partial charge in [0.2, 0.25) is 0 Å². The number of rotatable bonds is 2. The second-order valence-corrected chi connectivity index (χ2v) is 4.52. The van der Waals surface area contributed by atoms with Crippen LogP contribution in [0.4, 0.5) is 4.39 Å². The molecule has 1 aromatic carbocycles. The summed E-state index contributed by atoms with van der Waals surface area (Å²) >= 11 is 0. The van der Waals surface area contributed by atoms with Crippen molar-refractivity contribution in [1.29, 1.82) is 0 Å². The van der Waals surface area contributed by atoms with Crippen molar-refractivity contribution in [3.8, 4) is 0 Å². The van der Waals surface area contributed by atoms with E-state index in [1.165, 1.54) is 25.2 Å². The molecule has 1 heterocycles. The van der Waals surface area contributed by atoms with E-state index in [4.69, 9.17) is 0 Å². The Labute approximate surface area is 108 Å². The molecule has 1 aliphatic rings. The Bertz CT molecular complexity index is 363. The van der Waals surface area contributed by atoms with Crippen molar-refractivity contribution in [2.45, 2.75) is 19.9 Å². The van der Waals surface area contributed by atoms with Crippen LogP contribution in [0.15, 0.2) is 24.3 Å². The first kappa shape index (κ1) is 14.8. The number of carbonyl (C=O) groups excluding carboxylic acids is 1. The molecule has 0 unspecified atom stereocenters. The lowest BCUT2D eigenvalue weighted by Gasteiger charge is -2.30. The van der Waals surface area contributed by atoms with Crippen LogP contribution in [-0.2, 0) is 0 Å². The van der Waals surface area contributed by atoms with Crippen LogP contribution in [0.2, 0.25) is 0 Å². The molecule has 18 heavy (non-hydrogen) atoms. The van der Waals surface area contributed by atoms with Crippen LogP contribution in [0.5, 0.6) is 0 Å². The molecule has 0 radical (unpaired) electrons. The lowest BCUT2D eigenvalue weighted by atomic mass is 10.2. The second kappa shape index (κ2) is 7.95. The van der Waals surface area contributed by atoms with Crippen LogP contribution in [-0.4, -0.2) is 43.4 Å². The molecule has 0 spiro atoms. The summed E-state index contributed by atoms with van der Waals surface area (Å²) in [7, 11) is 0. The van der Waals surface area contributed by atoms with E-state index < -0.39 is 5.82 Å². The molecule has 0 amide bonds. The highest BCUT2D eigenvalue weighted by Gasteiger charge is 2.11. The minimum Gasteiger partial charge on any atom is -0.314 e. The number of nitrogens with one attached hydrogen (secondary N) is 1. The minimum atomic E-state index is -0.465. The molecule has 0 atom stereocenters. The highest BCUT2D eigenvalue weighted by Crippen LogP contribution is 2.01. The number of hydrogen-bond donors (Lipinski definition) is 1. The van der Waals surface area contributed by atoms with Gasteiger partial charge in [-0.15, -0.1) is 0 Å². The number of carbonyl (C=O) groups is 1. The number of halogens is 1. The first-order valence-corrected chi connectivity index (χ1v) is 6.29. The van der Waals surface area contributed by atoms with Crippen molar-refractivity contribution in [3.05, 3.63) is 35.6 Å². The molecule has 1 fully saturated rings. The minimum absolute atomic E-state index is 0.109. The summed E-state index contributed by atoms with van der Waals surface area (Å²) in [5.41, 5.74) is 0.109. The summed E-state index contributed by atoms with van der Waals surface area (Å²) in [5.74, 6) is -0.465. The van der Waals surface area contributed by atoms with E-state index in [0.717, 1.165) is 19.1 Å². The van der Waals surface area contributed by atoms with Gasteiger partial charge in [0.15, 0.2) is 6.29 Å². The maximum atomic E-state index is 12.4. The Kier molecular flexibility index (Phi) is 6.54. The number of benzene rings is 1. The molecule has 0 aromatic heterocycles. The monoisotopic (exact) mass is 252 g/mol. The molecule has 1 aromatic rings. The van der Waals surface area contributed by atoms with E-state index in [0.29, 0.717) is 6.29 Å². The summed E-state index contributed by atoms with van der Waals surface area (Å²) in [6.45, 7) is 9.28. The second-order valence-electron chi connectivity index (χ2n) is 4.52. The van der Waals surface area contributed by atoms with E-state index >= 15 is 0 Å². The summed E-state index contributed by atoms with van der Waals surface area (Å²) in [6, 6.07) is 6.58. The standard InChI is InChI=1S/C7H5FO.C7H16N2/c8-7-4-2-1-3-6(7)5-9;1-7(2)9-5-3-8-4-6-9/h1-5H;7-8H,3-6H2,1-2H3. The van der Waals surface area contributed by atoms with Gasteiger partial charge in [-0.25, -0.2) is 4.39 Å². The lowest BCUT2D eigenvalue weighted by Crippen LogP contribution is -2.46. The first-order chi connectivity index (χ1) is 8.65. The normalized spacial score (nSPS) is 16.0. The van der Waals surface area contributed by atoms with E-state index in [1.54, 1.807) is 12.1 Å². The van der Waals surface area contributed by atoms with Gasteiger partial charge in [-0.3, -0.25) is 9.69 Å². The van der Waals surface area contributed by atoms with Crippen molar-refractivity contribution in [1.82, 2.24) is 10.2 Å². The van der Waals surface area contributed by atoms with Crippen molar-refractivity contribution in [3.63, 3.8) is 0 Å². The van der Waals surface area contributed by atoms with Crippen molar-refractivity contribution in [2.75, 3.05) is 26.2 Å². The van der Waals surface area contributed by atoms with Gasteiger partial charge in [-0.05, 0) is 26.0 Å². The van der Waals surface area contributed by atoms with Gasteiger partial charge in [0, 0.05) is 32.2 Å². The quantitative estimate of drug-likeness (QED) is 0.816. The highest BCUT2D eigenvalue weighted by molar-refractivity contribution is 5.74. The topological polar surface area (TPSA) is 32.3 Å². The molecule has 100 valence electrons. The van der Waals surface area contributed by atoms with Crippen LogP contribution in [0, 0.1) is 5.82 Å². The van der Waals surface area contributed by atoms with Crippen molar-refractivity contribution in [2.24, 2.45) is 0 Å². The molecule has 1 aliphatic heterocycles. The summed E-state index contributed by atoms with van der Waals surface area (Å²) < 4.78 is 12.4. The molecule has 2 rings (SSSR count). The van der Waals surface area contributed by atoms with Gasteiger partial charge in [0.05, 0.1) is 5.56 Å². The van der Waals surface area contributed by atoms with Crippen LogP contribution in [0.3, 0.4) is 0 Å². The Balaban J connectivity index is 0.000000180. The third-order valence-electron chi connectivity index (χ3n) is 2.91. The molecule has 0 saturated carbocycles. The largest absolute Gasteiger partial charge is 0.314 e. The molecular weight excluding hydrogens is 231 g/mol. The van der Waals surface area contributed by atoms with Crippen LogP contribution < -0.4 is 5.32 Å². The van der Waals surface area contributed by atoms with Gasteiger partial charge in [-0.2, -0.15) is 0 Å². The predicted molar refractivity (Wildman–Crippen MR) is 71.4 cm³/mol. The summed E-state index contributed by atoms with van der Waals surface area (Å²) in [6.07, 6.45) is 0.495. The zero-order valence-electron chi connectivity index (χ0n) is 11.0. The lowest BCUT2D eigenvalue weighted by molar-refractivity contribution is 0.112. The van der Waals surface area contributed by atoms with Crippen LogP contribution >= 0.6 is 0 Å². The maximum absolute atomic E-state index is 12.4. The smallest absolute Gasteiger partial charge is 0.152 e. The molecule has 1 N–H and O–H groups in total. The Hall–Kier alpha value is -1.26. The Morgan fingerprint density at radius 2 is 1.89 bits per heavy atom. The number of hydrogen-bond acceptors (Lipinski definition) is 3. The van der Waals surface area contributed by atoms with E-state index in [-0.39, 0.29) is 5.56 Å². The molecule has 3 nitrogen and oxygen atoms in total. The average Bonchev–Trinajstić information content (AvgIpc) is 2.41. The van der Waals surface area contributed by atoms with E-state index in [1.807, 2.05) is 0 Å². The molecule has 4 heteroatoms. The number of nitrogens with zero attached hydrogens (tertiary/aromatic N) is 1. The van der Waals surface area contributed by atoms with Crippen molar-refractivity contribution >= 4 is 6.29 Å². The van der Waals surface area contributed by atoms with Gasteiger partial charge in [0.1, 0.15) is 5.82 Å². The predicted octanol–water partition coefficient (Wildman–Crippen LogP) is 1.94. The zero-order valence-corrected chi connectivity index (χ0v) is 11.0. The molecular formula is C14H21FN2O. The molecule has 0 bridgehead atoms. The molecule has 0 aliphatic carbocycles. The third-order valence-corrected chi connectivity index (χ3v) is 2.91. The SMILES string of the molecule is CC(C)N1CCNCC1.O=Cc1ccccc1F. The first-order valence-electron chi connectivity index (χ1n) is 6.29. The van der Waals surface area contributed by atoms with Gasteiger partial charge < -0.3 is 5.32 Å². The maximum Gasteiger partial charge on any atom is 0.152 e. The average molecular weight is 252 g/mol. The number of aldehydes is 1. The highest BCUT2D eigenvalue weighted by atomic mass is 19.1. The van der Waals surface area contributed by atoms with Crippen molar-refractivity contribution < 1.29 is 9.18 Å². The Morgan fingerprint density at radius 3 is 2.28 bits per heavy atom. The fourth-order valence-electron chi connectivity index (χ4n) is 1.77. The van der Waals surface area contributed by atoms with Gasteiger partial charge in [0.25, 0.3) is 0 Å².